The first-order chi connectivity index (χ1) is 7.18. The van der Waals surface area contributed by atoms with Crippen LogP contribution in [0, 0.1) is 11.3 Å². The average Bonchev–Trinajstić information content (AvgIpc) is 2.24. The quantitative estimate of drug-likeness (QED) is 0.616. The first-order valence-corrected chi connectivity index (χ1v) is 6.57. The lowest BCUT2D eigenvalue weighted by Crippen LogP contribution is -2.41. The van der Waals surface area contributed by atoms with Gasteiger partial charge in [-0.1, -0.05) is 6.92 Å². The summed E-state index contributed by atoms with van der Waals surface area (Å²) in [5, 5.41) is 12.2. The van der Waals surface area contributed by atoms with E-state index in [-0.39, 0.29) is 5.54 Å². The van der Waals surface area contributed by atoms with E-state index in [0.29, 0.717) is 0 Å². The molecule has 0 saturated heterocycles. The first-order valence-electron chi connectivity index (χ1n) is 5.41. The highest BCUT2D eigenvalue weighted by atomic mass is 32.2. The standard InChI is InChI=1S/C11H22N2OS/c1-4-13-11(2,10-12)6-9-15-8-5-7-14-3/h13H,4-9H2,1-3H3. The van der Waals surface area contributed by atoms with Crippen LogP contribution in [0.3, 0.4) is 0 Å². The maximum absolute atomic E-state index is 9.02. The van der Waals surface area contributed by atoms with Crippen LogP contribution in [0.1, 0.15) is 26.7 Å². The van der Waals surface area contributed by atoms with Gasteiger partial charge in [-0.05, 0) is 37.8 Å². The summed E-state index contributed by atoms with van der Waals surface area (Å²) in [6, 6.07) is 2.33. The molecule has 0 aliphatic rings. The van der Waals surface area contributed by atoms with Gasteiger partial charge in [-0.15, -0.1) is 0 Å². The monoisotopic (exact) mass is 230 g/mol. The van der Waals surface area contributed by atoms with E-state index >= 15 is 0 Å². The number of ether oxygens (including phenoxy) is 1. The lowest BCUT2D eigenvalue weighted by molar-refractivity contribution is 0.200. The molecule has 0 aliphatic heterocycles. The summed E-state index contributed by atoms with van der Waals surface area (Å²) in [5.41, 5.74) is -0.358. The highest BCUT2D eigenvalue weighted by molar-refractivity contribution is 7.99. The van der Waals surface area contributed by atoms with Crippen molar-refractivity contribution >= 4 is 11.8 Å². The van der Waals surface area contributed by atoms with E-state index in [1.165, 1.54) is 0 Å². The lowest BCUT2D eigenvalue weighted by Gasteiger charge is -2.21. The molecule has 0 aromatic rings. The molecule has 1 atom stereocenters. The van der Waals surface area contributed by atoms with Gasteiger partial charge in [-0.3, -0.25) is 5.32 Å². The Morgan fingerprint density at radius 1 is 1.47 bits per heavy atom. The van der Waals surface area contributed by atoms with Gasteiger partial charge >= 0.3 is 0 Å². The lowest BCUT2D eigenvalue weighted by atomic mass is 10.0. The first kappa shape index (κ1) is 14.8. The van der Waals surface area contributed by atoms with Crippen LogP contribution in [0.2, 0.25) is 0 Å². The Morgan fingerprint density at radius 2 is 2.20 bits per heavy atom. The third kappa shape index (κ3) is 7.66. The molecule has 0 rings (SSSR count). The number of nitriles is 1. The van der Waals surface area contributed by atoms with E-state index in [1.54, 1.807) is 7.11 Å². The van der Waals surface area contributed by atoms with Crippen LogP contribution in [0.25, 0.3) is 0 Å². The molecule has 0 heterocycles. The molecule has 0 amide bonds. The van der Waals surface area contributed by atoms with E-state index in [2.05, 4.69) is 11.4 Å². The molecular weight excluding hydrogens is 208 g/mol. The van der Waals surface area contributed by atoms with E-state index in [0.717, 1.165) is 37.5 Å². The van der Waals surface area contributed by atoms with E-state index in [9.17, 15) is 0 Å². The van der Waals surface area contributed by atoms with Crippen LogP contribution in [-0.2, 0) is 4.74 Å². The molecule has 3 nitrogen and oxygen atoms in total. The molecule has 0 aromatic carbocycles. The van der Waals surface area contributed by atoms with Crippen molar-refractivity contribution in [2.24, 2.45) is 0 Å². The molecule has 0 spiro atoms. The van der Waals surface area contributed by atoms with Crippen molar-refractivity contribution in [1.29, 1.82) is 5.26 Å². The number of nitrogens with zero attached hydrogens (tertiary/aromatic N) is 1. The zero-order valence-electron chi connectivity index (χ0n) is 10.0. The van der Waals surface area contributed by atoms with Gasteiger partial charge in [-0.25, -0.2) is 0 Å². The van der Waals surface area contributed by atoms with Crippen LogP contribution < -0.4 is 5.32 Å². The van der Waals surface area contributed by atoms with Crippen molar-refractivity contribution in [3.63, 3.8) is 0 Å². The summed E-state index contributed by atoms with van der Waals surface area (Å²) in [7, 11) is 1.72. The Balaban J connectivity index is 3.51. The van der Waals surface area contributed by atoms with Crippen LogP contribution >= 0.6 is 11.8 Å². The van der Waals surface area contributed by atoms with Crippen molar-refractivity contribution < 1.29 is 4.74 Å². The Bertz CT molecular complexity index is 194. The number of thioether (sulfide) groups is 1. The maximum atomic E-state index is 9.02. The van der Waals surface area contributed by atoms with Crippen molar-refractivity contribution in [2.45, 2.75) is 32.2 Å². The highest BCUT2D eigenvalue weighted by Gasteiger charge is 2.21. The van der Waals surface area contributed by atoms with Crippen LogP contribution in [-0.4, -0.2) is 37.3 Å². The highest BCUT2D eigenvalue weighted by Crippen LogP contribution is 2.13. The van der Waals surface area contributed by atoms with Gasteiger partial charge in [0.1, 0.15) is 5.54 Å². The summed E-state index contributed by atoms with van der Waals surface area (Å²) >= 11 is 1.89. The van der Waals surface area contributed by atoms with Crippen LogP contribution in [0.15, 0.2) is 0 Å². The summed E-state index contributed by atoms with van der Waals surface area (Å²) < 4.78 is 4.97. The largest absolute Gasteiger partial charge is 0.385 e. The molecule has 1 unspecified atom stereocenters. The van der Waals surface area contributed by atoms with Gasteiger partial charge in [0.15, 0.2) is 0 Å². The third-order valence-corrected chi connectivity index (χ3v) is 3.27. The summed E-state index contributed by atoms with van der Waals surface area (Å²) in [6.45, 7) is 5.67. The van der Waals surface area contributed by atoms with Gasteiger partial charge in [-0.2, -0.15) is 17.0 Å². The van der Waals surface area contributed by atoms with Gasteiger partial charge < -0.3 is 4.74 Å². The van der Waals surface area contributed by atoms with Crippen molar-refractivity contribution in [3.05, 3.63) is 0 Å². The number of hydrogen-bond acceptors (Lipinski definition) is 4. The molecule has 1 N–H and O–H groups in total. The minimum Gasteiger partial charge on any atom is -0.385 e. The molecule has 0 fully saturated rings. The summed E-state index contributed by atoms with van der Waals surface area (Å²) in [6.07, 6.45) is 1.99. The van der Waals surface area contributed by atoms with Crippen molar-refractivity contribution in [2.75, 3.05) is 31.8 Å². The van der Waals surface area contributed by atoms with Gasteiger partial charge in [0.05, 0.1) is 6.07 Å². The molecule has 88 valence electrons. The van der Waals surface area contributed by atoms with E-state index in [4.69, 9.17) is 10.00 Å². The van der Waals surface area contributed by atoms with Crippen molar-refractivity contribution in [1.82, 2.24) is 5.32 Å². The van der Waals surface area contributed by atoms with Crippen LogP contribution in [0.4, 0.5) is 0 Å². The summed E-state index contributed by atoms with van der Waals surface area (Å²) in [5.74, 6) is 2.14. The Kier molecular flexibility index (Phi) is 8.88. The molecule has 4 heteroatoms. The molecular formula is C11H22N2OS. The molecule has 0 saturated carbocycles. The average molecular weight is 230 g/mol. The minimum absolute atomic E-state index is 0.358. The van der Waals surface area contributed by atoms with Gasteiger partial charge in [0.25, 0.3) is 0 Å². The zero-order chi connectivity index (χ0) is 11.6. The smallest absolute Gasteiger partial charge is 0.104 e. The number of rotatable bonds is 9. The SMILES string of the molecule is CCNC(C)(C#N)CCSCCCOC. The van der Waals surface area contributed by atoms with Crippen LogP contribution in [0.5, 0.6) is 0 Å². The Hall–Kier alpha value is -0.240. The maximum Gasteiger partial charge on any atom is 0.104 e. The fourth-order valence-corrected chi connectivity index (χ4v) is 2.34. The summed E-state index contributed by atoms with van der Waals surface area (Å²) in [4.78, 5) is 0. The van der Waals surface area contributed by atoms with E-state index < -0.39 is 0 Å². The molecule has 0 radical (unpaired) electrons. The Labute approximate surface area is 97.6 Å². The second kappa shape index (κ2) is 9.02. The number of nitrogens with one attached hydrogen (secondary N) is 1. The van der Waals surface area contributed by atoms with Gasteiger partial charge in [0.2, 0.25) is 0 Å². The molecule has 0 bridgehead atoms. The van der Waals surface area contributed by atoms with Gasteiger partial charge in [0, 0.05) is 13.7 Å². The van der Waals surface area contributed by atoms with Crippen molar-refractivity contribution in [3.8, 4) is 6.07 Å². The molecule has 0 aliphatic carbocycles. The topological polar surface area (TPSA) is 45.0 Å². The normalized spacial score (nSPS) is 14.5. The third-order valence-electron chi connectivity index (χ3n) is 2.20. The fraction of sp³-hybridized carbons (Fsp3) is 0.909. The molecule has 15 heavy (non-hydrogen) atoms. The Morgan fingerprint density at radius 3 is 2.73 bits per heavy atom. The number of methoxy groups -OCH3 is 1. The predicted octanol–water partition coefficient (Wildman–Crippen LogP) is 2.04. The minimum atomic E-state index is -0.358. The predicted molar refractivity (Wildman–Crippen MR) is 66.1 cm³/mol. The zero-order valence-corrected chi connectivity index (χ0v) is 10.8. The second-order valence-corrected chi connectivity index (χ2v) is 4.91. The number of hydrogen-bond donors (Lipinski definition) is 1. The molecule has 0 aromatic heterocycles. The van der Waals surface area contributed by atoms with E-state index in [1.807, 2.05) is 25.6 Å². The second-order valence-electron chi connectivity index (χ2n) is 3.68. The fourth-order valence-electron chi connectivity index (χ4n) is 1.26.